The number of nitrogens with one attached hydrogen (secondary N) is 3. The highest BCUT2D eigenvalue weighted by molar-refractivity contribution is 7.98. The van der Waals surface area contributed by atoms with Gasteiger partial charge in [0.15, 0.2) is 0 Å². The van der Waals surface area contributed by atoms with Crippen LogP contribution in [0.15, 0.2) is 24.3 Å². The molecule has 7 nitrogen and oxygen atoms in total. The van der Waals surface area contributed by atoms with Crippen LogP contribution < -0.4 is 15.5 Å². The summed E-state index contributed by atoms with van der Waals surface area (Å²) in [6.07, 6.45) is 0. The van der Waals surface area contributed by atoms with E-state index in [2.05, 4.69) is 29.6 Å². The molecule has 2 amide bonds. The van der Waals surface area contributed by atoms with E-state index < -0.39 is 11.8 Å². The summed E-state index contributed by atoms with van der Waals surface area (Å²) in [4.78, 5) is 26.1. The number of fused-ring (bicyclic) bond motifs is 1. The van der Waals surface area contributed by atoms with E-state index in [0.717, 1.165) is 48.1 Å². The Morgan fingerprint density at radius 1 is 1.25 bits per heavy atom. The normalized spacial score (nSPS) is 12.9. The van der Waals surface area contributed by atoms with Gasteiger partial charge in [-0.3, -0.25) is 9.59 Å². The minimum atomic E-state index is -0.683. The number of anilines is 1. The lowest BCUT2D eigenvalue weighted by Gasteiger charge is -2.15. The lowest BCUT2D eigenvalue weighted by molar-refractivity contribution is -0.895. The molecule has 2 heterocycles. The Labute approximate surface area is 173 Å². The number of hydrogen-bond donors (Lipinski definition) is 3. The number of amides is 2. The van der Waals surface area contributed by atoms with Gasteiger partial charge in [0.05, 0.1) is 37.6 Å². The zero-order chi connectivity index (χ0) is 20.1. The number of thioether (sulfide) groups is 1. The largest absolute Gasteiger partial charge is 0.342 e. The highest BCUT2D eigenvalue weighted by atomic mass is 35.5. The quantitative estimate of drug-likeness (QED) is 0.587. The van der Waals surface area contributed by atoms with Crippen LogP contribution in [-0.2, 0) is 21.1 Å². The number of rotatable bonds is 7. The molecule has 2 aromatic rings. The van der Waals surface area contributed by atoms with Crippen LogP contribution in [-0.4, -0.2) is 47.8 Å². The molecule has 3 rings (SSSR count). The summed E-state index contributed by atoms with van der Waals surface area (Å²) in [5.41, 5.74) is 2.62. The summed E-state index contributed by atoms with van der Waals surface area (Å²) in [7, 11) is 0. The number of likely N-dealkylation sites (N-methyl/N-ethyl adjacent to an activating group) is 1. The van der Waals surface area contributed by atoms with Crippen molar-refractivity contribution in [3.8, 4) is 5.69 Å². The lowest BCUT2D eigenvalue weighted by Crippen LogP contribution is -3.12. The van der Waals surface area contributed by atoms with Gasteiger partial charge in [-0.25, -0.2) is 4.68 Å². The first-order valence-electron chi connectivity index (χ1n) is 9.40. The maximum atomic E-state index is 12.5. The molecular formula is C19H25ClN5O2S+. The fourth-order valence-electron chi connectivity index (χ4n) is 3.14. The molecule has 0 radical (unpaired) electrons. The van der Waals surface area contributed by atoms with E-state index in [1.165, 1.54) is 4.90 Å². The van der Waals surface area contributed by atoms with Crippen molar-refractivity contribution in [1.82, 2.24) is 15.1 Å². The monoisotopic (exact) mass is 422 g/mol. The highest BCUT2D eigenvalue weighted by Gasteiger charge is 2.26. The van der Waals surface area contributed by atoms with Crippen molar-refractivity contribution in [2.24, 2.45) is 0 Å². The predicted molar refractivity (Wildman–Crippen MR) is 112 cm³/mol. The molecular weight excluding hydrogens is 398 g/mol. The first-order valence-corrected chi connectivity index (χ1v) is 10.9. The Morgan fingerprint density at radius 3 is 2.75 bits per heavy atom. The molecule has 1 aliphatic rings. The van der Waals surface area contributed by atoms with Crippen molar-refractivity contribution in [1.29, 1.82) is 0 Å². The van der Waals surface area contributed by atoms with Gasteiger partial charge in [0, 0.05) is 22.1 Å². The van der Waals surface area contributed by atoms with Crippen molar-refractivity contribution < 1.29 is 14.5 Å². The number of carbonyl (C=O) groups excluding carboxylic acids is 2. The number of carbonyl (C=O) groups is 2. The second-order valence-corrected chi connectivity index (χ2v) is 8.00. The Balaban J connectivity index is 1.73. The Hall–Kier alpha value is -2.03. The summed E-state index contributed by atoms with van der Waals surface area (Å²) < 4.78 is 1.65. The lowest BCUT2D eigenvalue weighted by atomic mass is 10.2. The predicted octanol–water partition coefficient (Wildman–Crippen LogP) is 1.25. The molecule has 0 atom stereocenters. The molecule has 1 aromatic carbocycles. The van der Waals surface area contributed by atoms with Gasteiger partial charge in [-0.1, -0.05) is 17.7 Å². The summed E-state index contributed by atoms with van der Waals surface area (Å²) >= 11 is 7.84. The second-order valence-electron chi connectivity index (χ2n) is 6.58. The van der Waals surface area contributed by atoms with E-state index in [4.69, 9.17) is 11.6 Å². The van der Waals surface area contributed by atoms with Crippen LogP contribution in [0.2, 0.25) is 5.02 Å². The fourth-order valence-corrected chi connectivity index (χ4v) is 4.36. The molecule has 0 unspecified atom stereocenters. The SMILES string of the molecule is CC[NH+](CC)CCNC(=O)C(=O)Nc1c2c(nn1-c1cccc(Cl)c1)CSC2. The van der Waals surface area contributed by atoms with E-state index in [0.29, 0.717) is 17.4 Å². The molecule has 1 aliphatic heterocycles. The van der Waals surface area contributed by atoms with Gasteiger partial charge < -0.3 is 15.5 Å². The summed E-state index contributed by atoms with van der Waals surface area (Å²) in [6.45, 7) is 7.43. The van der Waals surface area contributed by atoms with Crippen molar-refractivity contribution in [3.05, 3.63) is 40.5 Å². The first-order chi connectivity index (χ1) is 13.5. The van der Waals surface area contributed by atoms with Crippen molar-refractivity contribution in [3.63, 3.8) is 0 Å². The molecule has 28 heavy (non-hydrogen) atoms. The summed E-state index contributed by atoms with van der Waals surface area (Å²) in [5.74, 6) is 0.752. The second kappa shape index (κ2) is 9.45. The number of hydrogen-bond acceptors (Lipinski definition) is 4. The number of halogens is 1. The maximum Gasteiger partial charge on any atom is 0.314 e. The van der Waals surface area contributed by atoms with Gasteiger partial charge in [-0.2, -0.15) is 16.9 Å². The third kappa shape index (κ3) is 4.68. The molecule has 0 spiro atoms. The molecule has 0 aliphatic carbocycles. The third-order valence-corrected chi connectivity index (χ3v) is 6.01. The van der Waals surface area contributed by atoms with Crippen LogP contribution in [0.1, 0.15) is 25.1 Å². The van der Waals surface area contributed by atoms with Crippen LogP contribution in [0.4, 0.5) is 5.82 Å². The Morgan fingerprint density at radius 2 is 2.04 bits per heavy atom. The van der Waals surface area contributed by atoms with E-state index in [-0.39, 0.29) is 0 Å². The minimum Gasteiger partial charge on any atom is -0.342 e. The topological polar surface area (TPSA) is 80.5 Å². The van der Waals surface area contributed by atoms with Crippen molar-refractivity contribution in [2.75, 3.05) is 31.5 Å². The van der Waals surface area contributed by atoms with Gasteiger partial charge >= 0.3 is 11.8 Å². The zero-order valence-electron chi connectivity index (χ0n) is 16.0. The van der Waals surface area contributed by atoms with E-state index in [9.17, 15) is 9.59 Å². The first kappa shape index (κ1) is 20.7. The van der Waals surface area contributed by atoms with Crippen LogP contribution >= 0.6 is 23.4 Å². The minimum absolute atomic E-state index is 0.463. The standard InChI is InChI=1S/C19H24ClN5O2S/c1-3-24(4-2)9-8-21-18(26)19(27)22-17-15-11-28-12-16(15)23-25(17)14-7-5-6-13(20)10-14/h5-7,10H,3-4,8-9,11-12H2,1-2H3,(H,21,26)(H,22,27)/p+1. The molecule has 0 saturated carbocycles. The Kier molecular flexibility index (Phi) is 6.98. The van der Waals surface area contributed by atoms with Crippen LogP contribution in [0.3, 0.4) is 0 Å². The number of benzene rings is 1. The Bertz CT molecular complexity index is 866. The maximum absolute atomic E-state index is 12.5. The highest BCUT2D eigenvalue weighted by Crippen LogP contribution is 2.36. The fraction of sp³-hybridized carbons (Fsp3) is 0.421. The molecule has 3 N–H and O–H groups in total. The molecule has 0 saturated heterocycles. The molecule has 150 valence electrons. The number of nitrogens with zero attached hydrogens (tertiary/aromatic N) is 2. The average Bonchev–Trinajstić information content (AvgIpc) is 3.27. The van der Waals surface area contributed by atoms with Crippen LogP contribution in [0.25, 0.3) is 5.69 Å². The third-order valence-electron chi connectivity index (χ3n) is 4.81. The van der Waals surface area contributed by atoms with E-state index in [1.54, 1.807) is 28.6 Å². The smallest absolute Gasteiger partial charge is 0.314 e. The molecule has 0 bridgehead atoms. The van der Waals surface area contributed by atoms with Gasteiger partial charge in [-0.05, 0) is 32.0 Å². The number of quaternary nitrogens is 1. The van der Waals surface area contributed by atoms with Crippen LogP contribution in [0.5, 0.6) is 0 Å². The van der Waals surface area contributed by atoms with Gasteiger partial charge in [0.25, 0.3) is 0 Å². The van der Waals surface area contributed by atoms with E-state index >= 15 is 0 Å². The molecule has 1 aromatic heterocycles. The van der Waals surface area contributed by atoms with Crippen LogP contribution in [0, 0.1) is 0 Å². The van der Waals surface area contributed by atoms with Gasteiger partial charge in [-0.15, -0.1) is 0 Å². The van der Waals surface area contributed by atoms with Crippen molar-refractivity contribution >= 4 is 41.0 Å². The van der Waals surface area contributed by atoms with Gasteiger partial charge in [0.1, 0.15) is 5.82 Å². The van der Waals surface area contributed by atoms with E-state index in [1.807, 2.05) is 12.1 Å². The molecule has 9 heteroatoms. The molecule has 0 fully saturated rings. The number of aromatic nitrogens is 2. The van der Waals surface area contributed by atoms with Gasteiger partial charge in [0.2, 0.25) is 0 Å². The average molecular weight is 423 g/mol. The van der Waals surface area contributed by atoms with Crippen molar-refractivity contribution in [2.45, 2.75) is 25.4 Å². The summed E-state index contributed by atoms with van der Waals surface area (Å²) in [6, 6.07) is 7.25. The zero-order valence-corrected chi connectivity index (χ0v) is 17.6. The summed E-state index contributed by atoms with van der Waals surface area (Å²) in [5, 5.41) is 10.7.